The van der Waals surface area contributed by atoms with E-state index in [4.69, 9.17) is 4.74 Å². The molecule has 2 aromatic carbocycles. The Hall–Kier alpha value is -3.29. The van der Waals surface area contributed by atoms with Crippen LogP contribution in [0.25, 0.3) is 0 Å². The molecule has 0 amide bonds. The van der Waals surface area contributed by atoms with Crippen molar-refractivity contribution in [2.75, 3.05) is 0 Å². The van der Waals surface area contributed by atoms with Gasteiger partial charge < -0.3 is 4.74 Å². The fraction of sp³-hybridized carbons (Fsp3) is 0.0714. The number of nitrogens with zero attached hydrogens (tertiary/aromatic N) is 2. The molecule has 0 unspecified atom stereocenters. The number of ether oxygens (including phenoxy) is 1. The maximum atomic E-state index is 11.0. The second kappa shape index (κ2) is 6.00. The molecule has 0 spiro atoms. The van der Waals surface area contributed by atoms with Crippen molar-refractivity contribution in [1.29, 1.82) is 0 Å². The first-order chi connectivity index (χ1) is 10.4. The van der Waals surface area contributed by atoms with Gasteiger partial charge in [0.1, 0.15) is 6.29 Å². The number of benzene rings is 2. The third-order valence-corrected chi connectivity index (χ3v) is 2.85. The Labute approximate surface area is 124 Å². The van der Waals surface area contributed by atoms with Crippen LogP contribution in [0, 0.1) is 27.2 Å². The number of carbonyl (C=O) groups excluding carboxylic acids is 1. The van der Waals surface area contributed by atoms with E-state index in [0.717, 1.165) is 12.1 Å². The summed E-state index contributed by atoms with van der Waals surface area (Å²) in [6.07, 6.45) is 0.500. The molecule has 0 atom stereocenters. The summed E-state index contributed by atoms with van der Waals surface area (Å²) in [6, 6.07) is 7.77. The van der Waals surface area contributed by atoms with Crippen LogP contribution in [-0.4, -0.2) is 16.1 Å². The molecule has 0 N–H and O–H groups in total. The average Bonchev–Trinajstić information content (AvgIpc) is 2.48. The molecule has 0 heterocycles. The molecular formula is C14H10N2O6. The van der Waals surface area contributed by atoms with Gasteiger partial charge in [-0.3, -0.25) is 25.0 Å². The van der Waals surface area contributed by atoms with Crippen LogP contribution in [0.4, 0.5) is 11.4 Å². The second-order valence-electron chi connectivity index (χ2n) is 4.43. The molecule has 0 saturated heterocycles. The SMILES string of the molecule is Cc1ccc(Oc2cc(C=O)ccc2[N+](=O)[O-])c([N+](=O)[O-])c1. The summed E-state index contributed by atoms with van der Waals surface area (Å²) >= 11 is 0. The molecule has 0 fully saturated rings. The van der Waals surface area contributed by atoms with Crippen LogP contribution < -0.4 is 4.74 Å². The first-order valence-electron chi connectivity index (χ1n) is 6.09. The standard InChI is InChI=1S/C14H10N2O6/c1-9-2-5-13(12(6-9)16(20)21)22-14-7-10(8-17)3-4-11(14)15(18)19/h2-8H,1H3. The number of hydrogen-bond donors (Lipinski definition) is 0. The molecule has 0 aliphatic heterocycles. The Kier molecular flexibility index (Phi) is 4.12. The summed E-state index contributed by atoms with van der Waals surface area (Å²) in [7, 11) is 0. The molecule has 112 valence electrons. The van der Waals surface area contributed by atoms with E-state index in [2.05, 4.69) is 0 Å². The van der Waals surface area contributed by atoms with Gasteiger partial charge in [-0.2, -0.15) is 0 Å². The van der Waals surface area contributed by atoms with Crippen molar-refractivity contribution in [2.24, 2.45) is 0 Å². The number of rotatable bonds is 5. The zero-order valence-electron chi connectivity index (χ0n) is 11.4. The predicted molar refractivity (Wildman–Crippen MR) is 76.4 cm³/mol. The van der Waals surface area contributed by atoms with Gasteiger partial charge in [0.25, 0.3) is 0 Å². The maximum Gasteiger partial charge on any atom is 0.311 e. The predicted octanol–water partition coefficient (Wildman–Crippen LogP) is 3.42. The molecule has 2 rings (SSSR count). The van der Waals surface area contributed by atoms with Crippen molar-refractivity contribution < 1.29 is 19.4 Å². The number of aldehydes is 1. The summed E-state index contributed by atoms with van der Waals surface area (Å²) in [4.78, 5) is 31.5. The van der Waals surface area contributed by atoms with Crippen LogP contribution in [0.5, 0.6) is 11.5 Å². The Morgan fingerprint density at radius 2 is 1.64 bits per heavy atom. The van der Waals surface area contributed by atoms with Gasteiger partial charge in [-0.15, -0.1) is 0 Å². The van der Waals surface area contributed by atoms with E-state index in [1.165, 1.54) is 18.2 Å². The van der Waals surface area contributed by atoms with E-state index in [1.54, 1.807) is 13.0 Å². The Bertz CT molecular complexity index is 772. The van der Waals surface area contributed by atoms with Gasteiger partial charge in [-0.25, -0.2) is 0 Å². The molecule has 0 aromatic heterocycles. The van der Waals surface area contributed by atoms with Crippen LogP contribution in [0.15, 0.2) is 36.4 Å². The minimum absolute atomic E-state index is 0.137. The van der Waals surface area contributed by atoms with Crippen LogP contribution in [0.2, 0.25) is 0 Å². The number of carbonyl (C=O) groups is 1. The summed E-state index contributed by atoms with van der Waals surface area (Å²) in [6.45, 7) is 1.67. The molecule has 8 nitrogen and oxygen atoms in total. The third kappa shape index (κ3) is 3.06. The fourth-order valence-corrected chi connectivity index (χ4v) is 1.81. The van der Waals surface area contributed by atoms with Gasteiger partial charge in [-0.05, 0) is 30.7 Å². The highest BCUT2D eigenvalue weighted by molar-refractivity contribution is 5.77. The molecule has 0 aliphatic carbocycles. The van der Waals surface area contributed by atoms with Gasteiger partial charge >= 0.3 is 11.4 Å². The van der Waals surface area contributed by atoms with Gasteiger partial charge in [0.05, 0.1) is 9.85 Å². The van der Waals surface area contributed by atoms with Crippen LogP contribution in [0.1, 0.15) is 15.9 Å². The monoisotopic (exact) mass is 302 g/mol. The zero-order chi connectivity index (χ0) is 16.3. The highest BCUT2D eigenvalue weighted by atomic mass is 16.6. The van der Waals surface area contributed by atoms with Crippen molar-refractivity contribution in [3.63, 3.8) is 0 Å². The summed E-state index contributed by atoms with van der Waals surface area (Å²) < 4.78 is 5.32. The lowest BCUT2D eigenvalue weighted by Crippen LogP contribution is -1.98. The molecular weight excluding hydrogens is 292 g/mol. The van der Waals surface area contributed by atoms with E-state index < -0.39 is 9.85 Å². The largest absolute Gasteiger partial charge is 0.443 e. The first kappa shape index (κ1) is 15.1. The van der Waals surface area contributed by atoms with E-state index >= 15 is 0 Å². The summed E-state index contributed by atoms with van der Waals surface area (Å²) in [5.74, 6) is -0.372. The molecule has 0 saturated carbocycles. The quantitative estimate of drug-likeness (QED) is 0.475. The molecule has 2 aromatic rings. The van der Waals surface area contributed by atoms with Crippen molar-refractivity contribution in [1.82, 2.24) is 0 Å². The maximum absolute atomic E-state index is 11.0. The van der Waals surface area contributed by atoms with Gasteiger partial charge in [0.2, 0.25) is 11.5 Å². The van der Waals surface area contributed by atoms with Gasteiger partial charge in [0.15, 0.2) is 0 Å². The lowest BCUT2D eigenvalue weighted by molar-refractivity contribution is -0.387. The molecule has 22 heavy (non-hydrogen) atoms. The smallest absolute Gasteiger partial charge is 0.311 e. The van der Waals surface area contributed by atoms with Crippen molar-refractivity contribution in [2.45, 2.75) is 6.92 Å². The van der Waals surface area contributed by atoms with E-state index in [0.29, 0.717) is 11.8 Å². The molecule has 0 bridgehead atoms. The van der Waals surface area contributed by atoms with E-state index in [-0.39, 0.29) is 28.4 Å². The van der Waals surface area contributed by atoms with Crippen LogP contribution >= 0.6 is 0 Å². The normalized spacial score (nSPS) is 10.0. The Balaban J connectivity index is 2.53. The highest BCUT2D eigenvalue weighted by Gasteiger charge is 2.21. The van der Waals surface area contributed by atoms with Gasteiger partial charge in [-0.1, -0.05) is 6.07 Å². The summed E-state index contributed by atoms with van der Waals surface area (Å²) in [5.41, 5.74) is 0.108. The lowest BCUT2D eigenvalue weighted by Gasteiger charge is -2.08. The number of nitro benzene ring substituents is 2. The molecule has 0 aliphatic rings. The van der Waals surface area contributed by atoms with Gasteiger partial charge in [0, 0.05) is 17.7 Å². The number of nitro groups is 2. The first-order valence-corrected chi connectivity index (χ1v) is 6.09. The van der Waals surface area contributed by atoms with E-state index in [9.17, 15) is 25.0 Å². The fourth-order valence-electron chi connectivity index (χ4n) is 1.81. The van der Waals surface area contributed by atoms with Crippen molar-refractivity contribution >= 4 is 17.7 Å². The molecule has 8 heteroatoms. The average molecular weight is 302 g/mol. The third-order valence-electron chi connectivity index (χ3n) is 2.85. The van der Waals surface area contributed by atoms with Crippen molar-refractivity contribution in [3.8, 4) is 11.5 Å². The van der Waals surface area contributed by atoms with E-state index in [1.807, 2.05) is 0 Å². The summed E-state index contributed by atoms with van der Waals surface area (Å²) in [5, 5.41) is 22.0. The van der Waals surface area contributed by atoms with Crippen LogP contribution in [0.3, 0.4) is 0 Å². The lowest BCUT2D eigenvalue weighted by atomic mass is 10.2. The number of aryl methyl sites for hydroxylation is 1. The van der Waals surface area contributed by atoms with Crippen molar-refractivity contribution in [3.05, 3.63) is 67.8 Å². The Morgan fingerprint density at radius 1 is 0.955 bits per heavy atom. The Morgan fingerprint density at radius 3 is 2.23 bits per heavy atom. The highest BCUT2D eigenvalue weighted by Crippen LogP contribution is 2.36. The minimum Gasteiger partial charge on any atom is -0.443 e. The molecule has 0 radical (unpaired) electrons. The van der Waals surface area contributed by atoms with Crippen LogP contribution in [-0.2, 0) is 0 Å². The zero-order valence-corrected chi connectivity index (χ0v) is 11.4. The topological polar surface area (TPSA) is 113 Å². The number of hydrogen-bond acceptors (Lipinski definition) is 6. The second-order valence-corrected chi connectivity index (χ2v) is 4.43. The minimum atomic E-state index is -0.691.